The van der Waals surface area contributed by atoms with Crippen molar-refractivity contribution in [2.45, 2.75) is 26.1 Å². The van der Waals surface area contributed by atoms with Gasteiger partial charge in [0.05, 0.1) is 5.56 Å². The first-order valence-electron chi connectivity index (χ1n) is 12.5. The number of aryl methyl sites for hydroxylation is 2. The van der Waals surface area contributed by atoms with Crippen LogP contribution in [0.3, 0.4) is 0 Å². The fourth-order valence-corrected chi connectivity index (χ4v) is 4.73. The molecule has 5 aromatic rings. The number of aromatic carboxylic acids is 1. The molecule has 1 N–H and O–H groups in total. The number of hydrogen-bond donors (Lipinski definition) is 1. The Morgan fingerprint density at radius 2 is 1.28 bits per heavy atom. The Hall–Kier alpha value is -4.36. The van der Waals surface area contributed by atoms with E-state index in [9.17, 15) is 9.90 Å². The van der Waals surface area contributed by atoms with E-state index in [4.69, 9.17) is 14.0 Å². The largest absolute Gasteiger partial charge is 0.488 e. The van der Waals surface area contributed by atoms with E-state index >= 15 is 0 Å². The van der Waals surface area contributed by atoms with Crippen LogP contribution in [0.15, 0.2) is 112 Å². The molecule has 0 fully saturated rings. The van der Waals surface area contributed by atoms with Crippen molar-refractivity contribution >= 4 is 21.9 Å². The van der Waals surface area contributed by atoms with Gasteiger partial charge in [-0.05, 0) is 57.1 Å². The summed E-state index contributed by atoms with van der Waals surface area (Å²) >= 11 is 3.37. The van der Waals surface area contributed by atoms with E-state index in [0.717, 1.165) is 23.1 Å². The monoisotopic (exact) mass is 583 g/mol. The summed E-state index contributed by atoms with van der Waals surface area (Å²) in [5.74, 6) is 0.289. The molecule has 0 saturated heterocycles. The second-order valence-corrected chi connectivity index (χ2v) is 9.76. The van der Waals surface area contributed by atoms with Crippen LogP contribution in [0.1, 0.15) is 32.7 Å². The molecule has 6 nitrogen and oxygen atoms in total. The molecule has 0 aliphatic rings. The Kier molecular flexibility index (Phi) is 8.39. The molecule has 0 atom stereocenters. The van der Waals surface area contributed by atoms with E-state index in [-0.39, 0.29) is 15.9 Å². The van der Waals surface area contributed by atoms with Crippen LogP contribution in [0.25, 0.3) is 11.3 Å². The van der Waals surface area contributed by atoms with Crippen LogP contribution < -0.4 is 9.47 Å². The molecule has 7 heteroatoms. The first-order valence-corrected chi connectivity index (χ1v) is 13.3. The maximum Gasteiger partial charge on any atom is 0.359 e. The lowest BCUT2D eigenvalue weighted by Gasteiger charge is -2.17. The van der Waals surface area contributed by atoms with Gasteiger partial charge in [0, 0.05) is 6.07 Å². The normalized spacial score (nSPS) is 10.8. The number of benzene rings is 4. The zero-order chi connectivity index (χ0) is 27.0. The number of rotatable bonds is 11. The highest BCUT2D eigenvalue weighted by Gasteiger charge is 2.25. The van der Waals surface area contributed by atoms with Gasteiger partial charge in [-0.2, -0.15) is 0 Å². The molecule has 0 aliphatic heterocycles. The summed E-state index contributed by atoms with van der Waals surface area (Å²) in [6, 6.07) is 33.8. The fourth-order valence-electron chi connectivity index (χ4n) is 4.21. The van der Waals surface area contributed by atoms with Crippen molar-refractivity contribution in [2.24, 2.45) is 0 Å². The van der Waals surface area contributed by atoms with Crippen LogP contribution in [0.2, 0.25) is 0 Å². The molecule has 196 valence electrons. The first-order chi connectivity index (χ1) is 19.1. The van der Waals surface area contributed by atoms with Gasteiger partial charge in [-0.25, -0.2) is 4.79 Å². The summed E-state index contributed by atoms with van der Waals surface area (Å²) in [5, 5.41) is 13.3. The van der Waals surface area contributed by atoms with Crippen molar-refractivity contribution in [3.05, 3.63) is 136 Å². The molecule has 1 aromatic heterocycles. The molecule has 0 saturated carbocycles. The average molecular weight is 584 g/mol. The predicted molar refractivity (Wildman–Crippen MR) is 152 cm³/mol. The molecule has 0 radical (unpaired) electrons. The van der Waals surface area contributed by atoms with Crippen LogP contribution in [0.4, 0.5) is 0 Å². The van der Waals surface area contributed by atoms with Gasteiger partial charge in [0.15, 0.2) is 5.76 Å². The van der Waals surface area contributed by atoms with Crippen molar-refractivity contribution < 1.29 is 23.9 Å². The SMILES string of the molecule is O=C(O)c1noc(-c2cc(CCc3ccccc3)c(OCc3ccccc3)cc2OCc2ccccc2)c1Br. The molecule has 0 aliphatic carbocycles. The third-order valence-corrected chi connectivity index (χ3v) is 6.98. The predicted octanol–water partition coefficient (Wildman–Crippen LogP) is 7.75. The third-order valence-electron chi connectivity index (χ3n) is 6.25. The topological polar surface area (TPSA) is 81.8 Å². The second-order valence-electron chi connectivity index (χ2n) is 8.97. The number of ether oxygens (including phenoxy) is 2. The zero-order valence-corrected chi connectivity index (χ0v) is 22.6. The van der Waals surface area contributed by atoms with Gasteiger partial charge < -0.3 is 19.1 Å². The highest BCUT2D eigenvalue weighted by atomic mass is 79.9. The van der Waals surface area contributed by atoms with Crippen LogP contribution in [-0.4, -0.2) is 16.2 Å². The quantitative estimate of drug-likeness (QED) is 0.171. The first kappa shape index (κ1) is 26.3. The maximum absolute atomic E-state index is 11.7. The number of carbonyl (C=O) groups is 1. The number of aromatic nitrogens is 1. The van der Waals surface area contributed by atoms with Crippen molar-refractivity contribution in [1.82, 2.24) is 5.16 Å². The van der Waals surface area contributed by atoms with Gasteiger partial charge in [-0.1, -0.05) is 96.2 Å². The lowest BCUT2D eigenvalue weighted by Crippen LogP contribution is -2.04. The summed E-state index contributed by atoms with van der Waals surface area (Å²) < 4.78 is 18.4. The van der Waals surface area contributed by atoms with Gasteiger partial charge in [-0.3, -0.25) is 0 Å². The molecule has 1 heterocycles. The Morgan fingerprint density at radius 3 is 1.82 bits per heavy atom. The Balaban J connectivity index is 1.55. The molecule has 0 amide bonds. The highest BCUT2D eigenvalue weighted by molar-refractivity contribution is 9.10. The molecule has 0 spiro atoms. The minimum atomic E-state index is -1.18. The smallest absolute Gasteiger partial charge is 0.359 e. The molecular weight excluding hydrogens is 558 g/mol. The van der Waals surface area contributed by atoms with Gasteiger partial charge in [-0.15, -0.1) is 0 Å². The Bertz CT molecular complexity index is 1540. The lowest BCUT2D eigenvalue weighted by atomic mass is 9.99. The van der Waals surface area contributed by atoms with Crippen molar-refractivity contribution in [3.63, 3.8) is 0 Å². The van der Waals surface area contributed by atoms with E-state index in [1.54, 1.807) is 0 Å². The van der Waals surface area contributed by atoms with E-state index in [1.165, 1.54) is 5.56 Å². The maximum atomic E-state index is 11.7. The minimum Gasteiger partial charge on any atom is -0.488 e. The number of halogens is 1. The molecule has 0 bridgehead atoms. The summed E-state index contributed by atoms with van der Waals surface area (Å²) in [6.45, 7) is 0.707. The van der Waals surface area contributed by atoms with E-state index < -0.39 is 5.97 Å². The standard InChI is InChI=1S/C32H26BrNO5/c33-29-30(32(35)36)34-39-31(29)26-18-25(17-16-22-10-4-1-5-11-22)27(37-20-23-12-6-2-7-13-23)19-28(26)38-21-24-14-8-3-9-15-24/h1-15,18-19H,16-17,20-21H2,(H,35,36). The molecule has 4 aromatic carbocycles. The lowest BCUT2D eigenvalue weighted by molar-refractivity contribution is 0.0685. The summed E-state index contributed by atoms with van der Waals surface area (Å²) in [4.78, 5) is 11.7. The van der Waals surface area contributed by atoms with Crippen molar-refractivity contribution in [3.8, 4) is 22.8 Å². The summed E-state index contributed by atoms with van der Waals surface area (Å²) in [5.41, 5.74) is 4.57. The fraction of sp³-hybridized carbons (Fsp3) is 0.125. The zero-order valence-electron chi connectivity index (χ0n) is 21.0. The highest BCUT2D eigenvalue weighted by Crippen LogP contribution is 2.41. The van der Waals surface area contributed by atoms with Gasteiger partial charge in [0.1, 0.15) is 29.2 Å². The average Bonchev–Trinajstić information content (AvgIpc) is 3.37. The molecule has 5 rings (SSSR count). The van der Waals surface area contributed by atoms with Gasteiger partial charge in [0.25, 0.3) is 0 Å². The van der Waals surface area contributed by atoms with E-state index in [0.29, 0.717) is 36.7 Å². The van der Waals surface area contributed by atoms with Crippen LogP contribution in [0, 0.1) is 0 Å². The number of carboxylic acids is 1. The Labute approximate surface area is 235 Å². The molecule has 39 heavy (non-hydrogen) atoms. The number of hydrogen-bond acceptors (Lipinski definition) is 5. The van der Waals surface area contributed by atoms with Crippen LogP contribution >= 0.6 is 15.9 Å². The van der Waals surface area contributed by atoms with Gasteiger partial charge in [0.2, 0.25) is 5.69 Å². The van der Waals surface area contributed by atoms with Crippen LogP contribution in [-0.2, 0) is 26.1 Å². The second kappa shape index (κ2) is 12.5. The number of nitrogens with zero attached hydrogens (tertiary/aromatic N) is 1. The Morgan fingerprint density at radius 1 is 0.744 bits per heavy atom. The van der Waals surface area contributed by atoms with Crippen LogP contribution in [0.5, 0.6) is 11.5 Å². The summed E-state index contributed by atoms with van der Waals surface area (Å²) in [6.07, 6.45) is 1.49. The van der Waals surface area contributed by atoms with Crippen molar-refractivity contribution in [1.29, 1.82) is 0 Å². The molecular formula is C32H26BrNO5. The van der Waals surface area contributed by atoms with Crippen molar-refractivity contribution in [2.75, 3.05) is 0 Å². The number of carboxylic acid groups (broad SMARTS) is 1. The molecule has 0 unspecified atom stereocenters. The third kappa shape index (κ3) is 6.56. The van der Waals surface area contributed by atoms with Gasteiger partial charge >= 0.3 is 5.97 Å². The minimum absolute atomic E-state index is 0.200. The van der Waals surface area contributed by atoms with E-state index in [1.807, 2.05) is 91.0 Å². The summed E-state index contributed by atoms with van der Waals surface area (Å²) in [7, 11) is 0. The van der Waals surface area contributed by atoms with E-state index in [2.05, 4.69) is 33.2 Å².